The van der Waals surface area contributed by atoms with Crippen LogP contribution in [0.4, 0.5) is 0 Å². The maximum atomic E-state index is 5.22. The molecular weight excluding hydrogens is 258 g/mol. The fourth-order valence-corrected chi connectivity index (χ4v) is 1.02. The van der Waals surface area contributed by atoms with Crippen LogP contribution in [-0.4, -0.2) is 4.98 Å². The van der Waals surface area contributed by atoms with E-state index in [0.717, 1.165) is 11.1 Å². The molecule has 0 spiro atoms. The van der Waals surface area contributed by atoms with Gasteiger partial charge in [0, 0.05) is 0 Å². The predicted molar refractivity (Wildman–Crippen MR) is 68.4 cm³/mol. The average molecular weight is 271 g/mol. The molecule has 0 bridgehead atoms. The number of pyridine rings is 1. The van der Waals surface area contributed by atoms with Crippen LogP contribution < -0.4 is 0 Å². The second-order valence-corrected chi connectivity index (χ2v) is 2.98. The Hall–Kier alpha value is -1.63. The van der Waals surface area contributed by atoms with Crippen molar-refractivity contribution in [2.24, 2.45) is 0 Å². The van der Waals surface area contributed by atoms with E-state index in [9.17, 15) is 0 Å². The van der Waals surface area contributed by atoms with Gasteiger partial charge < -0.3 is 0 Å². The Kier molecular flexibility index (Phi) is 8.67. The zero-order valence-corrected chi connectivity index (χ0v) is 10.2. The van der Waals surface area contributed by atoms with E-state index in [1.165, 1.54) is 0 Å². The molecule has 1 heterocycles. The van der Waals surface area contributed by atoms with E-state index in [-0.39, 0.29) is 17.1 Å². The van der Waals surface area contributed by atoms with E-state index in [0.29, 0.717) is 0 Å². The standard InChI is InChI=1S/C8H7.C7H6N.Cu/c1-2-8-6-4-3-5-7-8;1-2-7-3-5-8-6-4-7;/h1-7H;2-3,5-6H,1H2;/q2*-1;+2. The van der Waals surface area contributed by atoms with E-state index in [4.69, 9.17) is 6.58 Å². The second kappa shape index (κ2) is 9.59. The van der Waals surface area contributed by atoms with Gasteiger partial charge in [0.2, 0.25) is 0 Å². The van der Waals surface area contributed by atoms with Crippen molar-refractivity contribution >= 4 is 12.2 Å². The van der Waals surface area contributed by atoms with E-state index >= 15 is 0 Å². The molecule has 0 aliphatic heterocycles. The zero-order chi connectivity index (χ0) is 11.6. The first-order valence-electron chi connectivity index (χ1n) is 4.91. The number of hydrogen-bond donors (Lipinski definition) is 0. The Labute approximate surface area is 113 Å². The van der Waals surface area contributed by atoms with Crippen molar-refractivity contribution in [3.8, 4) is 0 Å². The average Bonchev–Trinajstić information content (AvgIpc) is 2.41. The van der Waals surface area contributed by atoms with E-state index in [1.54, 1.807) is 24.5 Å². The third-order valence-electron chi connectivity index (χ3n) is 1.86. The van der Waals surface area contributed by atoms with Crippen molar-refractivity contribution in [2.45, 2.75) is 0 Å². The van der Waals surface area contributed by atoms with Crippen LogP contribution in [-0.2, 0) is 17.1 Å². The minimum absolute atomic E-state index is 0. The maximum absolute atomic E-state index is 5.22. The van der Waals surface area contributed by atoms with Gasteiger partial charge in [-0.05, 0) is 12.4 Å². The molecule has 0 unspecified atom stereocenters. The van der Waals surface area contributed by atoms with Crippen LogP contribution in [0, 0.1) is 12.6 Å². The van der Waals surface area contributed by atoms with Crippen molar-refractivity contribution < 1.29 is 17.1 Å². The summed E-state index contributed by atoms with van der Waals surface area (Å²) in [6.45, 7) is 8.80. The normalized spacial score (nSPS) is 8.00. The minimum Gasteiger partial charge on any atom is -0.292 e. The number of aromatic nitrogens is 1. The topological polar surface area (TPSA) is 12.9 Å². The molecule has 0 N–H and O–H groups in total. The smallest absolute Gasteiger partial charge is 0.292 e. The SMILES string of the molecule is C=Cc1[c-]cncc1.[CH-]=Cc1ccccc1.[Cu+2]. The molecular formula is C15H13CuN. The molecule has 1 radical (unpaired) electrons. The summed E-state index contributed by atoms with van der Waals surface area (Å²) in [5.41, 5.74) is 2.05. The third kappa shape index (κ3) is 6.52. The van der Waals surface area contributed by atoms with Crippen LogP contribution in [0.5, 0.6) is 0 Å². The molecule has 1 aromatic heterocycles. The first-order valence-corrected chi connectivity index (χ1v) is 4.91. The van der Waals surface area contributed by atoms with E-state index in [2.05, 4.69) is 17.6 Å². The van der Waals surface area contributed by atoms with Crippen molar-refractivity contribution in [1.82, 2.24) is 4.98 Å². The predicted octanol–water partition coefficient (Wildman–Crippen LogP) is 3.66. The molecule has 17 heavy (non-hydrogen) atoms. The molecule has 0 saturated carbocycles. The molecule has 2 aromatic rings. The molecule has 2 heteroatoms. The quantitative estimate of drug-likeness (QED) is 0.600. The minimum atomic E-state index is 0. The van der Waals surface area contributed by atoms with Crippen LogP contribution in [0.25, 0.3) is 12.2 Å². The van der Waals surface area contributed by atoms with Crippen LogP contribution in [0.2, 0.25) is 0 Å². The summed E-state index contributed by atoms with van der Waals surface area (Å²) in [6, 6.07) is 14.5. The van der Waals surface area contributed by atoms with Crippen LogP contribution >= 0.6 is 0 Å². The van der Waals surface area contributed by atoms with Gasteiger partial charge in [0.25, 0.3) is 0 Å². The summed E-state index contributed by atoms with van der Waals surface area (Å²) in [6.07, 6.45) is 6.66. The Bertz CT molecular complexity index is 380. The molecule has 1 aromatic carbocycles. The summed E-state index contributed by atoms with van der Waals surface area (Å²) in [4.78, 5) is 3.79. The molecule has 0 atom stereocenters. The second-order valence-electron chi connectivity index (χ2n) is 2.98. The maximum Gasteiger partial charge on any atom is 2.00 e. The fraction of sp³-hybridized carbons (Fsp3) is 0. The fourth-order valence-electron chi connectivity index (χ4n) is 1.02. The number of nitrogens with zero attached hydrogens (tertiary/aromatic N) is 1. The van der Waals surface area contributed by atoms with Gasteiger partial charge in [-0.25, -0.2) is 6.08 Å². The van der Waals surface area contributed by atoms with Gasteiger partial charge >= 0.3 is 17.1 Å². The first-order chi connectivity index (χ1) is 7.86. The van der Waals surface area contributed by atoms with Gasteiger partial charge in [-0.2, -0.15) is 29.8 Å². The van der Waals surface area contributed by atoms with Gasteiger partial charge in [-0.3, -0.25) is 11.6 Å². The van der Waals surface area contributed by atoms with Gasteiger partial charge in [-0.15, -0.1) is 18.2 Å². The molecule has 0 fully saturated rings. The summed E-state index contributed by atoms with van der Waals surface area (Å²) >= 11 is 0. The third-order valence-corrected chi connectivity index (χ3v) is 1.86. The first kappa shape index (κ1) is 15.4. The number of benzene rings is 1. The van der Waals surface area contributed by atoms with E-state index < -0.39 is 0 Å². The Morgan fingerprint density at radius 1 is 1.18 bits per heavy atom. The number of rotatable bonds is 2. The summed E-state index contributed by atoms with van der Waals surface area (Å²) < 4.78 is 0. The van der Waals surface area contributed by atoms with Crippen molar-refractivity contribution in [3.05, 3.63) is 79.1 Å². The van der Waals surface area contributed by atoms with Gasteiger partial charge in [0.05, 0.1) is 0 Å². The van der Waals surface area contributed by atoms with Crippen molar-refractivity contribution in [2.75, 3.05) is 0 Å². The van der Waals surface area contributed by atoms with Gasteiger partial charge in [0.1, 0.15) is 0 Å². The van der Waals surface area contributed by atoms with Crippen LogP contribution in [0.15, 0.2) is 55.4 Å². The Morgan fingerprint density at radius 3 is 2.24 bits per heavy atom. The molecule has 0 aliphatic carbocycles. The van der Waals surface area contributed by atoms with E-state index in [1.807, 2.05) is 36.4 Å². The van der Waals surface area contributed by atoms with Crippen LogP contribution in [0.1, 0.15) is 11.1 Å². The zero-order valence-electron chi connectivity index (χ0n) is 9.31. The molecule has 89 valence electrons. The van der Waals surface area contributed by atoms with Gasteiger partial charge in [0.15, 0.2) is 0 Å². The van der Waals surface area contributed by atoms with Gasteiger partial charge in [-0.1, -0.05) is 18.2 Å². The summed E-state index contributed by atoms with van der Waals surface area (Å²) in [5, 5.41) is 0. The number of hydrogen-bond acceptors (Lipinski definition) is 1. The monoisotopic (exact) mass is 270 g/mol. The largest absolute Gasteiger partial charge is 2.00 e. The molecule has 0 saturated heterocycles. The summed E-state index contributed by atoms with van der Waals surface area (Å²) in [7, 11) is 0. The Balaban J connectivity index is 0.000000284. The molecule has 2 rings (SSSR count). The van der Waals surface area contributed by atoms with Crippen molar-refractivity contribution in [3.63, 3.8) is 0 Å². The Morgan fingerprint density at radius 2 is 1.88 bits per heavy atom. The van der Waals surface area contributed by atoms with Crippen LogP contribution in [0.3, 0.4) is 0 Å². The molecule has 0 aliphatic rings. The molecule has 1 nitrogen and oxygen atoms in total. The molecule has 0 amide bonds. The summed E-state index contributed by atoms with van der Waals surface area (Å²) in [5.74, 6) is 0. The van der Waals surface area contributed by atoms with Crippen molar-refractivity contribution in [1.29, 1.82) is 0 Å².